The van der Waals surface area contributed by atoms with Gasteiger partial charge in [-0.15, -0.1) is 0 Å². The molecule has 0 aromatic heterocycles. The van der Waals surface area contributed by atoms with Crippen LogP contribution >= 0.6 is 11.8 Å². The number of rotatable bonds is 5. The number of nitrogens with zero attached hydrogens (tertiary/aromatic N) is 1. The van der Waals surface area contributed by atoms with E-state index in [0.29, 0.717) is 0 Å². The molecule has 1 aliphatic rings. The lowest BCUT2D eigenvalue weighted by atomic mass is 10.2. The zero-order valence-corrected chi connectivity index (χ0v) is 12.5. The largest absolute Gasteiger partial charge is 0.374 e. The molecule has 4 heteroatoms. The molecule has 0 bridgehead atoms. The Balaban J connectivity index is 1.95. The van der Waals surface area contributed by atoms with Gasteiger partial charge in [0.05, 0.1) is 0 Å². The highest BCUT2D eigenvalue weighted by Gasteiger charge is 2.22. The minimum atomic E-state index is -0.150. The van der Waals surface area contributed by atoms with Gasteiger partial charge in [0.25, 0.3) is 0 Å². The first-order chi connectivity index (χ1) is 9.20. The summed E-state index contributed by atoms with van der Waals surface area (Å²) < 4.78 is 0. The summed E-state index contributed by atoms with van der Waals surface area (Å²) in [5.74, 6) is 1.22. The molecule has 1 heterocycles. The summed E-state index contributed by atoms with van der Waals surface area (Å²) >= 11 is 1.81. The van der Waals surface area contributed by atoms with Crippen LogP contribution in [0.5, 0.6) is 0 Å². The van der Waals surface area contributed by atoms with Gasteiger partial charge in [0, 0.05) is 24.5 Å². The average Bonchev–Trinajstić information content (AvgIpc) is 2.92. The Hall–Kier alpha value is -1.16. The third kappa shape index (κ3) is 3.90. The zero-order valence-electron chi connectivity index (χ0n) is 11.7. The summed E-state index contributed by atoms with van der Waals surface area (Å²) in [5, 5.41) is 3.32. The van der Waals surface area contributed by atoms with Crippen molar-refractivity contribution < 1.29 is 4.79 Å². The van der Waals surface area contributed by atoms with Gasteiger partial charge in [-0.1, -0.05) is 12.1 Å². The maximum atomic E-state index is 12.2. The number of thioether (sulfide) groups is 1. The van der Waals surface area contributed by atoms with Crippen molar-refractivity contribution in [2.75, 3.05) is 24.7 Å². The van der Waals surface area contributed by atoms with E-state index in [1.54, 1.807) is 11.8 Å². The summed E-state index contributed by atoms with van der Waals surface area (Å²) in [6, 6.07) is 8.17. The molecule has 0 spiro atoms. The molecule has 0 unspecified atom stereocenters. The van der Waals surface area contributed by atoms with Crippen molar-refractivity contribution in [2.45, 2.75) is 31.6 Å². The minimum Gasteiger partial charge on any atom is -0.374 e. The first-order valence-corrected chi connectivity index (χ1v) is 8.23. The molecule has 0 radical (unpaired) electrons. The molecule has 1 aliphatic heterocycles. The number of carbonyl (C=O) groups is 1. The highest BCUT2D eigenvalue weighted by atomic mass is 32.2. The van der Waals surface area contributed by atoms with E-state index in [9.17, 15) is 4.79 Å². The van der Waals surface area contributed by atoms with Gasteiger partial charge in [0.2, 0.25) is 5.91 Å². The second-order valence-corrected chi connectivity index (χ2v) is 5.90. The fourth-order valence-corrected chi connectivity index (χ4v) is 2.95. The Morgan fingerprint density at radius 2 is 2.16 bits per heavy atom. The van der Waals surface area contributed by atoms with Gasteiger partial charge in [0.15, 0.2) is 0 Å². The van der Waals surface area contributed by atoms with Crippen LogP contribution in [0.2, 0.25) is 0 Å². The predicted molar refractivity (Wildman–Crippen MR) is 82.6 cm³/mol. The maximum Gasteiger partial charge on any atom is 0.244 e. The van der Waals surface area contributed by atoms with Gasteiger partial charge < -0.3 is 10.2 Å². The minimum absolute atomic E-state index is 0.150. The standard InChI is InChI=1S/C15H22N2OS/c1-12(15(18)17-8-3-4-9-17)16-14-7-5-6-13(10-14)11-19-2/h5-7,10,12,16H,3-4,8-9,11H2,1-2H3/t12-/m0/s1. The van der Waals surface area contributed by atoms with E-state index in [4.69, 9.17) is 0 Å². The molecule has 1 N–H and O–H groups in total. The highest BCUT2D eigenvalue weighted by molar-refractivity contribution is 7.97. The lowest BCUT2D eigenvalue weighted by molar-refractivity contribution is -0.130. The van der Waals surface area contributed by atoms with Gasteiger partial charge in [-0.05, 0) is 43.7 Å². The third-order valence-corrected chi connectivity index (χ3v) is 4.03. The summed E-state index contributed by atoms with van der Waals surface area (Å²) in [5.41, 5.74) is 2.32. The smallest absolute Gasteiger partial charge is 0.244 e. The summed E-state index contributed by atoms with van der Waals surface area (Å²) in [7, 11) is 0. The SMILES string of the molecule is CSCc1cccc(N[C@@H](C)C(=O)N2CCCC2)c1. The van der Waals surface area contributed by atoms with Crippen LogP contribution in [0.25, 0.3) is 0 Å². The van der Waals surface area contributed by atoms with Crippen LogP contribution < -0.4 is 5.32 Å². The molecule has 1 aromatic rings. The molecule has 1 fully saturated rings. The fourth-order valence-electron chi connectivity index (χ4n) is 2.44. The van der Waals surface area contributed by atoms with Crippen LogP contribution in [0.15, 0.2) is 24.3 Å². The van der Waals surface area contributed by atoms with Gasteiger partial charge in [-0.25, -0.2) is 0 Å². The predicted octanol–water partition coefficient (Wildman–Crippen LogP) is 2.97. The van der Waals surface area contributed by atoms with Crippen molar-refractivity contribution in [2.24, 2.45) is 0 Å². The van der Waals surface area contributed by atoms with Gasteiger partial charge >= 0.3 is 0 Å². The monoisotopic (exact) mass is 278 g/mol. The number of nitrogens with one attached hydrogen (secondary N) is 1. The molecule has 2 rings (SSSR count). The van der Waals surface area contributed by atoms with E-state index in [-0.39, 0.29) is 11.9 Å². The van der Waals surface area contributed by atoms with E-state index >= 15 is 0 Å². The maximum absolute atomic E-state index is 12.2. The average molecular weight is 278 g/mol. The van der Waals surface area contributed by atoms with Crippen LogP contribution in [-0.4, -0.2) is 36.2 Å². The Morgan fingerprint density at radius 1 is 1.42 bits per heavy atom. The van der Waals surface area contributed by atoms with E-state index in [0.717, 1.165) is 37.4 Å². The van der Waals surface area contributed by atoms with Crippen LogP contribution in [-0.2, 0) is 10.5 Å². The number of hydrogen-bond acceptors (Lipinski definition) is 3. The van der Waals surface area contributed by atoms with Crippen molar-refractivity contribution in [3.8, 4) is 0 Å². The fraction of sp³-hybridized carbons (Fsp3) is 0.533. The molecular formula is C15H22N2OS. The molecule has 0 aliphatic carbocycles. The molecule has 1 saturated heterocycles. The Morgan fingerprint density at radius 3 is 2.84 bits per heavy atom. The Kier molecular flexibility index (Phi) is 5.14. The van der Waals surface area contributed by atoms with Crippen molar-refractivity contribution >= 4 is 23.4 Å². The molecule has 104 valence electrons. The van der Waals surface area contributed by atoms with E-state index in [1.807, 2.05) is 24.0 Å². The summed E-state index contributed by atoms with van der Waals surface area (Å²) in [4.78, 5) is 14.2. The van der Waals surface area contributed by atoms with Crippen LogP contribution in [0.4, 0.5) is 5.69 Å². The lowest BCUT2D eigenvalue weighted by Crippen LogP contribution is -2.39. The lowest BCUT2D eigenvalue weighted by Gasteiger charge is -2.22. The quantitative estimate of drug-likeness (QED) is 0.898. The highest BCUT2D eigenvalue weighted by Crippen LogP contribution is 2.17. The van der Waals surface area contributed by atoms with Crippen molar-refractivity contribution in [1.29, 1.82) is 0 Å². The van der Waals surface area contributed by atoms with Gasteiger partial charge in [-0.2, -0.15) is 11.8 Å². The van der Waals surface area contributed by atoms with Gasteiger partial charge in [0.1, 0.15) is 6.04 Å². The topological polar surface area (TPSA) is 32.3 Å². The second-order valence-electron chi connectivity index (χ2n) is 5.03. The van der Waals surface area contributed by atoms with Crippen LogP contribution in [0, 0.1) is 0 Å². The van der Waals surface area contributed by atoms with Crippen LogP contribution in [0.1, 0.15) is 25.3 Å². The molecule has 0 saturated carbocycles. The molecule has 1 amide bonds. The van der Waals surface area contributed by atoms with E-state index in [2.05, 4.69) is 23.7 Å². The van der Waals surface area contributed by atoms with Crippen LogP contribution in [0.3, 0.4) is 0 Å². The zero-order chi connectivity index (χ0) is 13.7. The second kappa shape index (κ2) is 6.85. The summed E-state index contributed by atoms with van der Waals surface area (Å²) in [6.07, 6.45) is 4.38. The normalized spacial score (nSPS) is 16.4. The first-order valence-electron chi connectivity index (χ1n) is 6.84. The molecule has 1 aromatic carbocycles. The summed E-state index contributed by atoms with van der Waals surface area (Å²) in [6.45, 7) is 3.77. The van der Waals surface area contributed by atoms with Gasteiger partial charge in [-0.3, -0.25) is 4.79 Å². The number of carbonyl (C=O) groups excluding carboxylic acids is 1. The number of hydrogen-bond donors (Lipinski definition) is 1. The number of likely N-dealkylation sites (tertiary alicyclic amines) is 1. The number of anilines is 1. The van der Waals surface area contributed by atoms with Crippen molar-refractivity contribution in [3.05, 3.63) is 29.8 Å². The molecular weight excluding hydrogens is 256 g/mol. The molecule has 1 atom stereocenters. The Labute approximate surface area is 119 Å². The number of benzene rings is 1. The van der Waals surface area contributed by atoms with E-state index in [1.165, 1.54) is 5.56 Å². The molecule has 19 heavy (non-hydrogen) atoms. The Bertz CT molecular complexity index is 430. The van der Waals surface area contributed by atoms with Crippen molar-refractivity contribution in [1.82, 2.24) is 4.90 Å². The first kappa shape index (κ1) is 14.3. The van der Waals surface area contributed by atoms with Crippen molar-refractivity contribution in [3.63, 3.8) is 0 Å². The molecule has 3 nitrogen and oxygen atoms in total. The number of amides is 1. The third-order valence-electron chi connectivity index (χ3n) is 3.41. The van der Waals surface area contributed by atoms with E-state index < -0.39 is 0 Å².